The molecule has 122 valence electrons. The smallest absolute Gasteiger partial charge is 0.172 e. The minimum Gasteiger partial charge on any atom is -0.378 e. The Labute approximate surface area is 135 Å². The Morgan fingerprint density at radius 3 is 2.74 bits per heavy atom. The van der Waals surface area contributed by atoms with Crippen LogP contribution >= 0.6 is 0 Å². The van der Waals surface area contributed by atoms with Crippen molar-refractivity contribution in [2.75, 3.05) is 25.1 Å². The van der Waals surface area contributed by atoms with E-state index in [1.165, 1.54) is 12.8 Å². The molecule has 2 aromatic rings. The molecule has 0 aromatic carbocycles. The topological polar surface area (TPSA) is 73.1 Å². The van der Waals surface area contributed by atoms with E-state index in [1.54, 1.807) is 18.0 Å². The second-order valence-electron chi connectivity index (χ2n) is 5.93. The van der Waals surface area contributed by atoms with Gasteiger partial charge in [-0.25, -0.2) is 9.67 Å². The molecular formula is C16H21N5O2. The SMILES string of the molecule is COCc1c(C=O)nnn1-c1ccc(N2CCC(C)CC2)nc1. The van der Waals surface area contributed by atoms with Gasteiger partial charge in [-0.05, 0) is 30.9 Å². The van der Waals surface area contributed by atoms with Gasteiger partial charge in [0.2, 0.25) is 0 Å². The van der Waals surface area contributed by atoms with E-state index in [1.807, 2.05) is 12.1 Å². The van der Waals surface area contributed by atoms with Gasteiger partial charge < -0.3 is 9.64 Å². The third-order valence-electron chi connectivity index (χ3n) is 4.27. The van der Waals surface area contributed by atoms with Crippen LogP contribution in [0.25, 0.3) is 5.69 Å². The number of aldehydes is 1. The van der Waals surface area contributed by atoms with Crippen LogP contribution in [0.2, 0.25) is 0 Å². The zero-order valence-corrected chi connectivity index (χ0v) is 13.5. The van der Waals surface area contributed by atoms with Crippen LogP contribution in [0.3, 0.4) is 0 Å². The molecule has 0 bridgehead atoms. The second-order valence-corrected chi connectivity index (χ2v) is 5.93. The summed E-state index contributed by atoms with van der Waals surface area (Å²) in [6, 6.07) is 3.94. The summed E-state index contributed by atoms with van der Waals surface area (Å²) in [5.74, 6) is 1.77. The van der Waals surface area contributed by atoms with Gasteiger partial charge in [0.15, 0.2) is 12.0 Å². The van der Waals surface area contributed by atoms with Crippen LogP contribution in [0.4, 0.5) is 5.82 Å². The summed E-state index contributed by atoms with van der Waals surface area (Å²) < 4.78 is 6.73. The van der Waals surface area contributed by atoms with Crippen molar-refractivity contribution in [1.82, 2.24) is 20.0 Å². The van der Waals surface area contributed by atoms with Crippen molar-refractivity contribution in [2.24, 2.45) is 5.92 Å². The van der Waals surface area contributed by atoms with Crippen molar-refractivity contribution >= 4 is 12.1 Å². The van der Waals surface area contributed by atoms with Gasteiger partial charge in [-0.1, -0.05) is 12.1 Å². The van der Waals surface area contributed by atoms with Crippen LogP contribution in [-0.4, -0.2) is 46.5 Å². The van der Waals surface area contributed by atoms with Crippen LogP contribution in [0, 0.1) is 5.92 Å². The van der Waals surface area contributed by atoms with Gasteiger partial charge in [0.25, 0.3) is 0 Å². The molecule has 0 unspecified atom stereocenters. The number of carbonyl (C=O) groups is 1. The molecule has 0 aliphatic carbocycles. The van der Waals surface area contributed by atoms with E-state index in [4.69, 9.17) is 4.74 Å². The molecule has 3 heterocycles. The molecule has 7 nitrogen and oxygen atoms in total. The van der Waals surface area contributed by atoms with E-state index in [0.717, 1.165) is 30.5 Å². The van der Waals surface area contributed by atoms with E-state index < -0.39 is 0 Å². The van der Waals surface area contributed by atoms with Crippen molar-refractivity contribution < 1.29 is 9.53 Å². The molecule has 0 amide bonds. The number of pyridine rings is 1. The number of carbonyl (C=O) groups excluding carboxylic acids is 1. The molecule has 2 aromatic heterocycles. The van der Waals surface area contributed by atoms with E-state index in [0.29, 0.717) is 17.7 Å². The highest BCUT2D eigenvalue weighted by molar-refractivity contribution is 5.73. The minimum absolute atomic E-state index is 0.271. The molecule has 0 spiro atoms. The van der Waals surface area contributed by atoms with Gasteiger partial charge in [-0.3, -0.25) is 4.79 Å². The lowest BCUT2D eigenvalue weighted by atomic mass is 9.99. The van der Waals surface area contributed by atoms with Crippen LogP contribution < -0.4 is 4.90 Å². The fourth-order valence-electron chi connectivity index (χ4n) is 2.81. The first kappa shape index (κ1) is 15.6. The predicted octanol–water partition coefficient (Wildman–Crippen LogP) is 1.86. The number of nitrogens with zero attached hydrogens (tertiary/aromatic N) is 5. The lowest BCUT2D eigenvalue weighted by Gasteiger charge is -2.31. The summed E-state index contributed by atoms with van der Waals surface area (Å²) in [4.78, 5) is 17.9. The predicted molar refractivity (Wildman–Crippen MR) is 85.9 cm³/mol. The lowest BCUT2D eigenvalue weighted by Crippen LogP contribution is -2.33. The lowest BCUT2D eigenvalue weighted by molar-refractivity contribution is 0.111. The van der Waals surface area contributed by atoms with Crippen molar-refractivity contribution in [3.05, 3.63) is 29.7 Å². The number of anilines is 1. The fourth-order valence-corrected chi connectivity index (χ4v) is 2.81. The van der Waals surface area contributed by atoms with Gasteiger partial charge in [-0.15, -0.1) is 5.10 Å². The zero-order valence-electron chi connectivity index (χ0n) is 13.5. The molecule has 3 rings (SSSR count). The molecule has 7 heteroatoms. The molecule has 0 atom stereocenters. The first-order valence-corrected chi connectivity index (χ1v) is 7.83. The average molecular weight is 315 g/mol. The Bertz CT molecular complexity index is 660. The molecule has 1 fully saturated rings. The van der Waals surface area contributed by atoms with E-state index in [2.05, 4.69) is 27.1 Å². The molecule has 0 saturated carbocycles. The summed E-state index contributed by atoms with van der Waals surface area (Å²) in [6.07, 6.45) is 4.85. The van der Waals surface area contributed by atoms with Gasteiger partial charge >= 0.3 is 0 Å². The van der Waals surface area contributed by atoms with Crippen molar-refractivity contribution in [2.45, 2.75) is 26.4 Å². The first-order valence-electron chi connectivity index (χ1n) is 7.83. The Morgan fingerprint density at radius 1 is 1.35 bits per heavy atom. The zero-order chi connectivity index (χ0) is 16.2. The highest BCUT2D eigenvalue weighted by Gasteiger charge is 2.18. The summed E-state index contributed by atoms with van der Waals surface area (Å²) in [7, 11) is 1.57. The molecule has 23 heavy (non-hydrogen) atoms. The van der Waals surface area contributed by atoms with Gasteiger partial charge in [0.1, 0.15) is 11.5 Å². The number of hydrogen-bond donors (Lipinski definition) is 0. The standard InChI is InChI=1S/C16H21N5O2/c1-12-5-7-20(8-6-12)16-4-3-13(9-17-16)21-15(11-23-2)14(10-22)18-19-21/h3-4,9-10,12H,5-8,11H2,1-2H3. The number of aromatic nitrogens is 4. The largest absolute Gasteiger partial charge is 0.378 e. The number of rotatable bonds is 5. The minimum atomic E-state index is 0.271. The van der Waals surface area contributed by atoms with Crippen LogP contribution in [0.5, 0.6) is 0 Å². The van der Waals surface area contributed by atoms with E-state index >= 15 is 0 Å². The maximum atomic E-state index is 11.0. The van der Waals surface area contributed by atoms with Gasteiger partial charge in [0.05, 0.1) is 18.5 Å². The molecule has 1 saturated heterocycles. The fraction of sp³-hybridized carbons (Fsp3) is 0.500. The number of methoxy groups -OCH3 is 1. The molecular weight excluding hydrogens is 294 g/mol. The number of piperidine rings is 1. The number of hydrogen-bond acceptors (Lipinski definition) is 6. The van der Waals surface area contributed by atoms with Crippen molar-refractivity contribution in [3.63, 3.8) is 0 Å². The normalized spacial score (nSPS) is 15.8. The van der Waals surface area contributed by atoms with Crippen LogP contribution in [-0.2, 0) is 11.3 Å². The van der Waals surface area contributed by atoms with Crippen LogP contribution in [0.15, 0.2) is 18.3 Å². The summed E-state index contributed by atoms with van der Waals surface area (Å²) in [5.41, 5.74) is 1.69. The third kappa shape index (κ3) is 3.24. The number of ether oxygens (including phenoxy) is 1. The Kier molecular flexibility index (Phi) is 4.66. The van der Waals surface area contributed by atoms with Crippen molar-refractivity contribution in [3.8, 4) is 5.69 Å². The Morgan fingerprint density at radius 2 is 2.13 bits per heavy atom. The Balaban J connectivity index is 1.82. The molecule has 1 aliphatic rings. The molecule has 0 N–H and O–H groups in total. The second kappa shape index (κ2) is 6.87. The third-order valence-corrected chi connectivity index (χ3v) is 4.27. The van der Waals surface area contributed by atoms with Gasteiger partial charge in [-0.2, -0.15) is 0 Å². The molecule has 1 aliphatic heterocycles. The molecule has 0 radical (unpaired) electrons. The van der Waals surface area contributed by atoms with E-state index in [9.17, 15) is 4.79 Å². The van der Waals surface area contributed by atoms with E-state index in [-0.39, 0.29) is 6.61 Å². The summed E-state index contributed by atoms with van der Waals surface area (Å²) in [6.45, 7) is 4.65. The average Bonchev–Trinajstić information content (AvgIpc) is 2.99. The quantitative estimate of drug-likeness (QED) is 0.784. The summed E-state index contributed by atoms with van der Waals surface area (Å²) in [5, 5.41) is 7.91. The highest BCUT2D eigenvalue weighted by Crippen LogP contribution is 2.22. The Hall–Kier alpha value is -2.28. The maximum Gasteiger partial charge on any atom is 0.172 e. The van der Waals surface area contributed by atoms with Crippen LogP contribution in [0.1, 0.15) is 35.9 Å². The monoisotopic (exact) mass is 315 g/mol. The summed E-state index contributed by atoms with van der Waals surface area (Å²) >= 11 is 0. The highest BCUT2D eigenvalue weighted by atomic mass is 16.5. The maximum absolute atomic E-state index is 11.0. The van der Waals surface area contributed by atoms with Crippen molar-refractivity contribution in [1.29, 1.82) is 0 Å². The first-order chi connectivity index (χ1) is 11.2. The van der Waals surface area contributed by atoms with Gasteiger partial charge in [0, 0.05) is 20.2 Å².